The minimum Gasteiger partial charge on any atom is -0.347 e. The first-order valence-corrected chi connectivity index (χ1v) is 8.33. The van der Waals surface area contributed by atoms with Crippen LogP contribution in [0.25, 0.3) is 16.6 Å². The molecule has 4 rings (SSSR count). The van der Waals surface area contributed by atoms with Crippen molar-refractivity contribution >= 4 is 11.4 Å². The Balaban J connectivity index is 1.58. The Labute approximate surface area is 149 Å². The SMILES string of the molecule is N#CN1CC[C@@H](NC(=O)c2cnn3cc(-c4cccc(F)c4)ccc23)C1. The molecule has 2 aromatic heterocycles. The molecule has 130 valence electrons. The molecule has 0 unspecified atom stereocenters. The van der Waals surface area contributed by atoms with E-state index < -0.39 is 0 Å². The third kappa shape index (κ3) is 2.97. The van der Waals surface area contributed by atoms with E-state index in [9.17, 15) is 9.18 Å². The normalized spacial score (nSPS) is 16.6. The first-order valence-electron chi connectivity index (χ1n) is 8.33. The van der Waals surface area contributed by atoms with Crippen LogP contribution in [0, 0.1) is 17.3 Å². The van der Waals surface area contributed by atoms with Gasteiger partial charge in [-0.25, -0.2) is 8.91 Å². The molecule has 0 saturated carbocycles. The molecule has 1 fully saturated rings. The molecule has 1 aliphatic rings. The highest BCUT2D eigenvalue weighted by atomic mass is 19.1. The van der Waals surface area contributed by atoms with Crippen LogP contribution in [0.3, 0.4) is 0 Å². The lowest BCUT2D eigenvalue weighted by atomic mass is 10.1. The number of nitrogens with one attached hydrogen (secondary N) is 1. The van der Waals surface area contributed by atoms with Gasteiger partial charge in [-0.1, -0.05) is 18.2 Å². The predicted octanol–water partition coefficient (Wildman–Crippen LogP) is 2.43. The highest BCUT2D eigenvalue weighted by molar-refractivity contribution is 6.00. The minimum atomic E-state index is -0.300. The number of halogens is 1. The van der Waals surface area contributed by atoms with Crippen LogP contribution >= 0.6 is 0 Å². The van der Waals surface area contributed by atoms with Crippen molar-refractivity contribution in [1.82, 2.24) is 19.8 Å². The molecule has 1 aromatic carbocycles. The second kappa shape index (κ2) is 6.48. The molecule has 0 aliphatic carbocycles. The number of carbonyl (C=O) groups excluding carboxylic acids is 1. The summed E-state index contributed by atoms with van der Waals surface area (Å²) in [5, 5.41) is 16.1. The molecule has 1 aliphatic heterocycles. The smallest absolute Gasteiger partial charge is 0.255 e. The second-order valence-corrected chi connectivity index (χ2v) is 6.32. The number of rotatable bonds is 3. The predicted molar refractivity (Wildman–Crippen MR) is 93.6 cm³/mol. The molecule has 6 nitrogen and oxygen atoms in total. The topological polar surface area (TPSA) is 73.4 Å². The van der Waals surface area contributed by atoms with Gasteiger partial charge in [-0.3, -0.25) is 4.79 Å². The van der Waals surface area contributed by atoms with E-state index in [0.717, 1.165) is 17.5 Å². The van der Waals surface area contributed by atoms with E-state index in [0.29, 0.717) is 24.2 Å². The van der Waals surface area contributed by atoms with Crippen LogP contribution in [0.5, 0.6) is 0 Å². The maximum atomic E-state index is 13.4. The van der Waals surface area contributed by atoms with Crippen molar-refractivity contribution in [2.45, 2.75) is 12.5 Å². The lowest BCUT2D eigenvalue weighted by molar-refractivity contribution is 0.0940. The van der Waals surface area contributed by atoms with Crippen molar-refractivity contribution in [3.63, 3.8) is 0 Å². The zero-order valence-electron chi connectivity index (χ0n) is 13.9. The van der Waals surface area contributed by atoms with Gasteiger partial charge in [0.2, 0.25) is 0 Å². The van der Waals surface area contributed by atoms with Crippen molar-refractivity contribution in [3.8, 4) is 17.3 Å². The molecule has 0 bridgehead atoms. The van der Waals surface area contributed by atoms with Crippen LogP contribution in [0.4, 0.5) is 4.39 Å². The maximum absolute atomic E-state index is 13.4. The van der Waals surface area contributed by atoms with Crippen molar-refractivity contribution in [2.75, 3.05) is 13.1 Å². The third-order valence-corrected chi connectivity index (χ3v) is 4.58. The Kier molecular flexibility index (Phi) is 4.01. The first-order chi connectivity index (χ1) is 12.6. The van der Waals surface area contributed by atoms with Gasteiger partial charge in [0.05, 0.1) is 17.3 Å². The number of hydrogen-bond donors (Lipinski definition) is 1. The zero-order chi connectivity index (χ0) is 18.1. The van der Waals surface area contributed by atoms with E-state index in [-0.39, 0.29) is 17.8 Å². The van der Waals surface area contributed by atoms with Crippen LogP contribution < -0.4 is 5.32 Å². The molecule has 1 atom stereocenters. The summed E-state index contributed by atoms with van der Waals surface area (Å²) in [5.41, 5.74) is 2.72. The largest absolute Gasteiger partial charge is 0.347 e. The van der Waals surface area contributed by atoms with E-state index in [2.05, 4.69) is 16.6 Å². The molecule has 1 amide bonds. The summed E-state index contributed by atoms with van der Waals surface area (Å²) in [6, 6.07) is 9.94. The van der Waals surface area contributed by atoms with Crippen LogP contribution in [0.2, 0.25) is 0 Å². The number of benzene rings is 1. The van der Waals surface area contributed by atoms with E-state index in [1.165, 1.54) is 18.3 Å². The van der Waals surface area contributed by atoms with Gasteiger partial charge in [0.1, 0.15) is 5.82 Å². The number of hydrogen-bond acceptors (Lipinski definition) is 4. The van der Waals surface area contributed by atoms with Crippen LogP contribution in [-0.4, -0.2) is 39.6 Å². The van der Waals surface area contributed by atoms with Crippen molar-refractivity contribution in [3.05, 3.63) is 60.2 Å². The Hall–Kier alpha value is -3.40. The summed E-state index contributed by atoms with van der Waals surface area (Å²) < 4.78 is 15.0. The van der Waals surface area contributed by atoms with Gasteiger partial charge in [-0.05, 0) is 30.2 Å². The van der Waals surface area contributed by atoms with Gasteiger partial charge in [0.15, 0.2) is 6.19 Å². The number of nitrogens with zero attached hydrogens (tertiary/aromatic N) is 4. The van der Waals surface area contributed by atoms with Gasteiger partial charge >= 0.3 is 0 Å². The lowest BCUT2D eigenvalue weighted by Gasteiger charge is -2.11. The Morgan fingerprint density at radius 2 is 2.19 bits per heavy atom. The first kappa shape index (κ1) is 16.1. The van der Waals surface area contributed by atoms with Gasteiger partial charge in [-0.2, -0.15) is 10.4 Å². The molecule has 26 heavy (non-hydrogen) atoms. The molecule has 0 spiro atoms. The summed E-state index contributed by atoms with van der Waals surface area (Å²) in [6.45, 7) is 1.19. The van der Waals surface area contributed by atoms with Crippen LogP contribution in [-0.2, 0) is 0 Å². The highest BCUT2D eigenvalue weighted by Gasteiger charge is 2.24. The number of aromatic nitrogens is 2. The summed E-state index contributed by atoms with van der Waals surface area (Å²) in [7, 11) is 0. The zero-order valence-corrected chi connectivity index (χ0v) is 13.9. The molecular formula is C19H16FN5O. The number of carbonyl (C=O) groups is 1. The summed E-state index contributed by atoms with van der Waals surface area (Å²) in [5.74, 6) is -0.505. The summed E-state index contributed by atoms with van der Waals surface area (Å²) in [6.07, 6.45) is 6.14. The fraction of sp³-hybridized carbons (Fsp3) is 0.211. The molecule has 3 aromatic rings. The van der Waals surface area contributed by atoms with Crippen LogP contribution in [0.15, 0.2) is 48.8 Å². The highest BCUT2D eigenvalue weighted by Crippen LogP contribution is 2.22. The number of amides is 1. The molecule has 7 heteroatoms. The maximum Gasteiger partial charge on any atom is 0.255 e. The molecule has 1 saturated heterocycles. The average molecular weight is 349 g/mol. The second-order valence-electron chi connectivity index (χ2n) is 6.32. The minimum absolute atomic E-state index is 0.0383. The van der Waals surface area contributed by atoms with Gasteiger partial charge < -0.3 is 10.2 Å². The third-order valence-electron chi connectivity index (χ3n) is 4.58. The monoisotopic (exact) mass is 349 g/mol. The molecule has 3 heterocycles. The van der Waals surface area contributed by atoms with E-state index in [4.69, 9.17) is 5.26 Å². The average Bonchev–Trinajstić information content (AvgIpc) is 3.27. The summed E-state index contributed by atoms with van der Waals surface area (Å²) in [4.78, 5) is 14.2. The summed E-state index contributed by atoms with van der Waals surface area (Å²) >= 11 is 0. The molecular weight excluding hydrogens is 333 g/mol. The van der Waals surface area contributed by atoms with E-state index in [1.807, 2.05) is 12.1 Å². The van der Waals surface area contributed by atoms with Crippen molar-refractivity contribution in [1.29, 1.82) is 5.26 Å². The quantitative estimate of drug-likeness (QED) is 0.737. The number of nitriles is 1. The Morgan fingerprint density at radius 3 is 2.96 bits per heavy atom. The molecule has 0 radical (unpaired) electrons. The fourth-order valence-electron chi connectivity index (χ4n) is 3.23. The standard InChI is InChI=1S/C19H16FN5O/c20-15-3-1-2-13(8-15)14-4-5-18-17(9-22-25(18)10-14)19(26)23-16-6-7-24(11-16)12-21/h1-5,8-10,16H,6-7,11H2,(H,23,26)/t16-/m1/s1. The van der Waals surface area contributed by atoms with Crippen molar-refractivity contribution < 1.29 is 9.18 Å². The number of pyridine rings is 1. The molecule has 1 N–H and O–H groups in total. The Morgan fingerprint density at radius 1 is 1.31 bits per heavy atom. The lowest BCUT2D eigenvalue weighted by Crippen LogP contribution is -2.36. The number of likely N-dealkylation sites (tertiary alicyclic amines) is 1. The van der Waals surface area contributed by atoms with E-state index >= 15 is 0 Å². The van der Waals surface area contributed by atoms with Gasteiger partial charge in [0.25, 0.3) is 5.91 Å². The Bertz CT molecular complexity index is 1020. The van der Waals surface area contributed by atoms with Gasteiger partial charge in [-0.15, -0.1) is 0 Å². The van der Waals surface area contributed by atoms with Gasteiger partial charge in [0, 0.05) is 30.9 Å². The number of fused-ring (bicyclic) bond motifs is 1. The fourth-order valence-corrected chi connectivity index (χ4v) is 3.23. The van der Waals surface area contributed by atoms with Crippen molar-refractivity contribution in [2.24, 2.45) is 0 Å². The van der Waals surface area contributed by atoms with Crippen LogP contribution in [0.1, 0.15) is 16.8 Å². The van der Waals surface area contributed by atoms with E-state index in [1.54, 1.807) is 27.7 Å².